The van der Waals surface area contributed by atoms with Crippen LogP contribution in [0, 0.1) is 0 Å². The van der Waals surface area contributed by atoms with Crippen LogP contribution in [0.5, 0.6) is 0 Å². The Morgan fingerprint density at radius 3 is 2.54 bits per heavy atom. The lowest BCUT2D eigenvalue weighted by Crippen LogP contribution is -2.43. The van der Waals surface area contributed by atoms with Crippen LogP contribution >= 0.6 is 11.3 Å². The van der Waals surface area contributed by atoms with Crippen molar-refractivity contribution in [2.24, 2.45) is 0 Å². The molecule has 26 heavy (non-hydrogen) atoms. The van der Waals surface area contributed by atoms with Gasteiger partial charge in [-0.2, -0.15) is 0 Å². The Kier molecular flexibility index (Phi) is 4.61. The summed E-state index contributed by atoms with van der Waals surface area (Å²) in [5, 5.41) is 2.74. The molecule has 0 amide bonds. The molecule has 3 N–H and O–H groups in total. The maximum atomic E-state index is 11.2. The van der Waals surface area contributed by atoms with Gasteiger partial charge in [-0.05, 0) is 37.1 Å². The summed E-state index contributed by atoms with van der Waals surface area (Å²) in [6, 6.07) is 14.1. The van der Waals surface area contributed by atoms with Gasteiger partial charge < -0.3 is 10.7 Å². The van der Waals surface area contributed by atoms with E-state index in [-0.39, 0.29) is 11.0 Å². The standard InChI is InChI=1S/C20H22N4OS/c21-19-23-17(14-26-19)20(16-4-2-1-3-5-16)8-10-24(11-9-20)13-15-6-7-18(25)22-12-15/h1-7,12,14H,8-11,13H2,(H2,21,23)(H,22,25). The molecule has 4 rings (SSSR count). The first kappa shape index (κ1) is 17.0. The molecule has 134 valence electrons. The Morgan fingerprint density at radius 1 is 1.15 bits per heavy atom. The fourth-order valence-corrected chi connectivity index (χ4v) is 4.51. The van der Waals surface area contributed by atoms with Crippen molar-refractivity contribution >= 4 is 16.5 Å². The maximum Gasteiger partial charge on any atom is 0.247 e. The van der Waals surface area contributed by atoms with E-state index in [0.29, 0.717) is 5.13 Å². The van der Waals surface area contributed by atoms with Crippen LogP contribution < -0.4 is 11.3 Å². The second-order valence-electron chi connectivity index (χ2n) is 6.86. The number of benzene rings is 1. The van der Waals surface area contributed by atoms with E-state index in [2.05, 4.69) is 50.6 Å². The molecule has 3 aromatic rings. The fraction of sp³-hybridized carbons (Fsp3) is 0.300. The van der Waals surface area contributed by atoms with E-state index >= 15 is 0 Å². The summed E-state index contributed by atoms with van der Waals surface area (Å²) in [6.07, 6.45) is 3.82. The number of likely N-dealkylation sites (tertiary alicyclic amines) is 1. The number of nitrogen functional groups attached to an aromatic ring is 1. The van der Waals surface area contributed by atoms with Crippen LogP contribution in [0.1, 0.15) is 29.7 Å². The summed E-state index contributed by atoms with van der Waals surface area (Å²) >= 11 is 1.52. The first-order valence-corrected chi connectivity index (χ1v) is 9.71. The van der Waals surface area contributed by atoms with Crippen molar-refractivity contribution in [1.82, 2.24) is 14.9 Å². The largest absolute Gasteiger partial charge is 0.375 e. The van der Waals surface area contributed by atoms with Gasteiger partial charge in [-0.3, -0.25) is 9.69 Å². The molecule has 3 heterocycles. The number of piperidine rings is 1. The molecule has 1 aliphatic rings. The molecule has 0 aliphatic carbocycles. The van der Waals surface area contributed by atoms with E-state index < -0.39 is 0 Å². The number of H-pyrrole nitrogens is 1. The average Bonchev–Trinajstić information content (AvgIpc) is 3.12. The molecule has 2 aromatic heterocycles. The van der Waals surface area contributed by atoms with Gasteiger partial charge in [0.15, 0.2) is 5.13 Å². The van der Waals surface area contributed by atoms with Gasteiger partial charge in [0.1, 0.15) is 0 Å². The third kappa shape index (κ3) is 3.30. The molecule has 0 bridgehead atoms. The van der Waals surface area contributed by atoms with E-state index in [1.54, 1.807) is 6.07 Å². The monoisotopic (exact) mass is 366 g/mol. The zero-order valence-electron chi connectivity index (χ0n) is 14.5. The zero-order valence-corrected chi connectivity index (χ0v) is 15.3. The normalized spacial score (nSPS) is 17.2. The third-order valence-corrected chi connectivity index (χ3v) is 5.98. The van der Waals surface area contributed by atoms with Crippen molar-refractivity contribution in [2.75, 3.05) is 18.8 Å². The maximum absolute atomic E-state index is 11.2. The minimum atomic E-state index is -0.0725. The van der Waals surface area contributed by atoms with E-state index in [9.17, 15) is 4.79 Å². The molecular formula is C20H22N4OS. The number of hydrogen-bond donors (Lipinski definition) is 2. The minimum Gasteiger partial charge on any atom is -0.375 e. The van der Waals surface area contributed by atoms with Crippen LogP contribution in [0.25, 0.3) is 0 Å². The molecule has 0 atom stereocenters. The zero-order chi connectivity index (χ0) is 18.0. The summed E-state index contributed by atoms with van der Waals surface area (Å²) in [7, 11) is 0. The van der Waals surface area contributed by atoms with Crippen LogP contribution in [0.4, 0.5) is 5.13 Å². The SMILES string of the molecule is Nc1nc(C2(c3ccccc3)CCN(Cc3ccc(=O)[nH]c3)CC2)cs1. The topological polar surface area (TPSA) is 75.0 Å². The predicted molar refractivity (Wildman–Crippen MR) is 105 cm³/mol. The van der Waals surface area contributed by atoms with Gasteiger partial charge in [-0.1, -0.05) is 36.4 Å². The van der Waals surface area contributed by atoms with Gasteiger partial charge in [0.2, 0.25) is 5.56 Å². The smallest absolute Gasteiger partial charge is 0.247 e. The molecule has 0 spiro atoms. The summed E-state index contributed by atoms with van der Waals surface area (Å²) < 4.78 is 0. The summed E-state index contributed by atoms with van der Waals surface area (Å²) in [5.41, 5.74) is 9.34. The molecule has 1 saturated heterocycles. The summed E-state index contributed by atoms with van der Waals surface area (Å²) in [5.74, 6) is 0. The highest BCUT2D eigenvalue weighted by Gasteiger charge is 2.39. The Labute approximate surface area is 156 Å². The van der Waals surface area contributed by atoms with Gasteiger partial charge >= 0.3 is 0 Å². The summed E-state index contributed by atoms with van der Waals surface area (Å²) in [4.78, 5) is 21.1. The van der Waals surface area contributed by atoms with E-state index in [0.717, 1.165) is 43.7 Å². The van der Waals surface area contributed by atoms with Crippen molar-refractivity contribution in [3.05, 3.63) is 81.2 Å². The van der Waals surface area contributed by atoms with Gasteiger partial charge in [0, 0.05) is 29.6 Å². The highest BCUT2D eigenvalue weighted by Crippen LogP contribution is 2.42. The molecule has 6 heteroatoms. The van der Waals surface area contributed by atoms with Crippen LogP contribution in [0.15, 0.2) is 58.8 Å². The van der Waals surface area contributed by atoms with Crippen molar-refractivity contribution in [1.29, 1.82) is 0 Å². The number of rotatable bonds is 4. The molecular weight excluding hydrogens is 344 g/mol. The number of pyridine rings is 1. The van der Waals surface area contributed by atoms with Crippen molar-refractivity contribution in [2.45, 2.75) is 24.8 Å². The minimum absolute atomic E-state index is 0.0587. The first-order chi connectivity index (χ1) is 12.7. The fourth-order valence-electron chi connectivity index (χ4n) is 3.85. The molecule has 5 nitrogen and oxygen atoms in total. The molecule has 1 aromatic carbocycles. The lowest BCUT2D eigenvalue weighted by Gasteiger charge is -2.41. The highest BCUT2D eigenvalue weighted by atomic mass is 32.1. The molecule has 1 fully saturated rings. The number of nitrogens with one attached hydrogen (secondary N) is 1. The third-order valence-electron chi connectivity index (χ3n) is 5.30. The van der Waals surface area contributed by atoms with Gasteiger partial charge in [0.25, 0.3) is 0 Å². The number of hydrogen-bond acceptors (Lipinski definition) is 5. The van der Waals surface area contributed by atoms with E-state index in [1.807, 2.05) is 12.3 Å². The molecule has 1 aliphatic heterocycles. The quantitative estimate of drug-likeness (QED) is 0.744. The highest BCUT2D eigenvalue weighted by molar-refractivity contribution is 7.13. The van der Waals surface area contributed by atoms with Crippen molar-refractivity contribution < 1.29 is 0 Å². The predicted octanol–water partition coefficient (Wildman–Crippen LogP) is 3.00. The number of aromatic nitrogens is 2. The van der Waals surface area contributed by atoms with Crippen molar-refractivity contribution in [3.63, 3.8) is 0 Å². The number of aromatic amines is 1. The van der Waals surface area contributed by atoms with Crippen molar-refractivity contribution in [3.8, 4) is 0 Å². The van der Waals surface area contributed by atoms with Gasteiger partial charge in [-0.25, -0.2) is 4.98 Å². The molecule has 0 saturated carbocycles. The second-order valence-corrected chi connectivity index (χ2v) is 7.75. The van der Waals surface area contributed by atoms with Crippen LogP contribution in [0.2, 0.25) is 0 Å². The van der Waals surface area contributed by atoms with E-state index in [4.69, 9.17) is 5.73 Å². The number of nitrogens with zero attached hydrogens (tertiary/aromatic N) is 2. The second kappa shape index (κ2) is 7.05. The lowest BCUT2D eigenvalue weighted by molar-refractivity contribution is 0.170. The molecule has 0 radical (unpaired) electrons. The summed E-state index contributed by atoms with van der Waals surface area (Å²) in [6.45, 7) is 2.80. The van der Waals surface area contributed by atoms with Crippen LogP contribution in [-0.2, 0) is 12.0 Å². The van der Waals surface area contributed by atoms with Crippen LogP contribution in [-0.4, -0.2) is 28.0 Å². The number of thiazole rings is 1. The Hall–Kier alpha value is -2.44. The average molecular weight is 366 g/mol. The van der Waals surface area contributed by atoms with Gasteiger partial charge in [-0.15, -0.1) is 11.3 Å². The van der Waals surface area contributed by atoms with E-state index in [1.165, 1.54) is 16.9 Å². The Morgan fingerprint density at radius 2 is 1.92 bits per heavy atom. The number of anilines is 1. The Bertz CT molecular complexity index is 906. The van der Waals surface area contributed by atoms with Gasteiger partial charge in [0.05, 0.1) is 5.69 Å². The lowest BCUT2D eigenvalue weighted by atomic mass is 9.70. The number of nitrogens with two attached hydrogens (primary N) is 1. The van der Waals surface area contributed by atoms with Crippen LogP contribution in [0.3, 0.4) is 0 Å². The Balaban J connectivity index is 1.56. The first-order valence-electron chi connectivity index (χ1n) is 8.83. The molecule has 0 unspecified atom stereocenters.